The summed E-state index contributed by atoms with van der Waals surface area (Å²) in [7, 11) is -0.698. The summed E-state index contributed by atoms with van der Waals surface area (Å²) in [5.74, 6) is 0. The van der Waals surface area contributed by atoms with E-state index in [1.54, 1.807) is 0 Å². The highest BCUT2D eigenvalue weighted by Crippen LogP contribution is 2.07. The molecule has 0 radical (unpaired) electrons. The van der Waals surface area contributed by atoms with Crippen LogP contribution in [0.15, 0.2) is 24.3 Å². The third-order valence-corrected chi connectivity index (χ3v) is 1.72. The van der Waals surface area contributed by atoms with E-state index in [0.717, 1.165) is 11.0 Å². The van der Waals surface area contributed by atoms with E-state index in [0.29, 0.717) is 6.61 Å². The monoisotopic (exact) mass is 135 g/mol. The molecule has 0 saturated carbocycles. The lowest BCUT2D eigenvalue weighted by atomic mass is 9.80. The number of hydrogen-bond donors (Lipinski definition) is 1. The van der Waals surface area contributed by atoms with Crippen LogP contribution in [0.3, 0.4) is 0 Å². The maximum Gasteiger partial charge on any atom is 1.00 e. The Bertz CT molecular complexity index is 254. The molecule has 0 spiro atoms. The molecule has 2 rings (SSSR count). The molecule has 50 valence electrons. The minimum Gasteiger partial charge on any atom is -0.423 e. The molecule has 1 aliphatic heterocycles. The minimum absolute atomic E-state index is 0. The highest BCUT2D eigenvalue weighted by molar-refractivity contribution is 6.61. The van der Waals surface area contributed by atoms with Gasteiger partial charge in [0.25, 0.3) is 0 Å². The zero-order valence-corrected chi connectivity index (χ0v) is 5.45. The van der Waals surface area contributed by atoms with Gasteiger partial charge in [0, 0.05) is 0 Å². The first-order valence-corrected chi connectivity index (χ1v) is 3.25. The predicted octanol–water partition coefficient (Wildman–Crippen LogP) is 0.0168. The van der Waals surface area contributed by atoms with Gasteiger partial charge in [0.1, 0.15) is 0 Å². The summed E-state index contributed by atoms with van der Waals surface area (Å²) >= 11 is 0. The van der Waals surface area contributed by atoms with Gasteiger partial charge in [-0.1, -0.05) is 24.3 Å². The van der Waals surface area contributed by atoms with Gasteiger partial charge in [-0.25, -0.2) is 0 Å². The Morgan fingerprint density at radius 1 is 1.50 bits per heavy atom. The first kappa shape index (κ1) is 5.95. The van der Waals surface area contributed by atoms with E-state index in [4.69, 9.17) is 9.68 Å². The van der Waals surface area contributed by atoms with Gasteiger partial charge in [-0.3, -0.25) is 0 Å². The Balaban J connectivity index is 0.000000605. The Labute approximate surface area is 61.1 Å². The van der Waals surface area contributed by atoms with Crippen LogP contribution in [-0.4, -0.2) is 12.1 Å². The highest BCUT2D eigenvalue weighted by Gasteiger charge is 2.25. The molecule has 0 atom stereocenters. The van der Waals surface area contributed by atoms with Crippen molar-refractivity contribution in [3.8, 4) is 0 Å². The molecule has 1 N–H and O–H groups in total. The molecule has 3 heteroatoms. The van der Waals surface area contributed by atoms with Gasteiger partial charge in [0.15, 0.2) is 0 Å². The Hall–Kier alpha value is -0.795. The van der Waals surface area contributed by atoms with Crippen molar-refractivity contribution in [3.05, 3.63) is 29.8 Å². The Morgan fingerprint density at radius 2 is 2.30 bits per heavy atom. The first-order valence-electron chi connectivity index (χ1n) is 3.25. The molecule has 10 heavy (non-hydrogen) atoms. The molecule has 2 nitrogen and oxygen atoms in total. The standard InChI is InChI=1S/C7H7BO2/c9-8-7-4-2-1-3-6(7)5-10-8/h1-4,9H,5H2/p+1. The fourth-order valence-electron chi connectivity index (χ4n) is 1.17. The van der Waals surface area contributed by atoms with Crippen LogP contribution < -0.4 is 5.46 Å². The van der Waals surface area contributed by atoms with Crippen LogP contribution in [0.4, 0.5) is 0 Å². The maximum atomic E-state index is 9.16. The summed E-state index contributed by atoms with van der Waals surface area (Å²) in [5.41, 5.74) is 2.00. The molecule has 1 aliphatic rings. The molecule has 1 aromatic rings. The summed E-state index contributed by atoms with van der Waals surface area (Å²) in [6.45, 7) is 0.539. The fourth-order valence-corrected chi connectivity index (χ4v) is 1.17. The van der Waals surface area contributed by atoms with Crippen LogP contribution in [0.1, 0.15) is 6.99 Å². The van der Waals surface area contributed by atoms with Crippen molar-refractivity contribution < 1.29 is 11.1 Å². The summed E-state index contributed by atoms with van der Waals surface area (Å²) in [6, 6.07) is 7.69. The van der Waals surface area contributed by atoms with E-state index < -0.39 is 7.12 Å². The first-order chi connectivity index (χ1) is 4.88. The van der Waals surface area contributed by atoms with Crippen LogP contribution >= 0.6 is 0 Å². The largest absolute Gasteiger partial charge is 1.00 e. The zero-order valence-electron chi connectivity index (χ0n) is 6.45. The van der Waals surface area contributed by atoms with Crippen LogP contribution in [0.25, 0.3) is 0 Å². The lowest BCUT2D eigenvalue weighted by Gasteiger charge is -1.93. The number of benzene rings is 1. The van der Waals surface area contributed by atoms with Crippen LogP contribution in [0.5, 0.6) is 0 Å². The molecule has 1 heterocycles. The molecule has 0 bridgehead atoms. The van der Waals surface area contributed by atoms with Gasteiger partial charge in [0.05, 0.1) is 6.61 Å². The second-order valence-corrected chi connectivity index (χ2v) is 2.36. The lowest BCUT2D eigenvalue weighted by molar-refractivity contribution is 0.275. The van der Waals surface area contributed by atoms with E-state index in [1.807, 2.05) is 24.3 Å². The molecule has 0 amide bonds. The van der Waals surface area contributed by atoms with Gasteiger partial charge in [0.2, 0.25) is 0 Å². The second-order valence-electron chi connectivity index (χ2n) is 2.36. The maximum absolute atomic E-state index is 9.16. The number of hydrogen-bond acceptors (Lipinski definition) is 2. The normalized spacial score (nSPS) is 15.5. The van der Waals surface area contributed by atoms with E-state index in [1.165, 1.54) is 0 Å². The minimum atomic E-state index is -0.698. The SMILES string of the molecule is OB1OCc2ccccc21.[H+]. The van der Waals surface area contributed by atoms with Gasteiger partial charge in [-0.05, 0) is 11.0 Å². The Morgan fingerprint density at radius 3 is 3.10 bits per heavy atom. The summed E-state index contributed by atoms with van der Waals surface area (Å²) in [5, 5.41) is 9.16. The van der Waals surface area contributed by atoms with Crippen molar-refractivity contribution in [2.75, 3.05) is 0 Å². The van der Waals surface area contributed by atoms with Crippen molar-refractivity contribution in [2.45, 2.75) is 6.61 Å². The average molecular weight is 135 g/mol. The summed E-state index contributed by atoms with van der Waals surface area (Å²) < 4.78 is 4.98. The quantitative estimate of drug-likeness (QED) is 0.508. The van der Waals surface area contributed by atoms with E-state index in [-0.39, 0.29) is 1.43 Å². The van der Waals surface area contributed by atoms with Crippen molar-refractivity contribution in [1.29, 1.82) is 0 Å². The van der Waals surface area contributed by atoms with Crippen molar-refractivity contribution in [3.63, 3.8) is 0 Å². The van der Waals surface area contributed by atoms with Crippen LogP contribution in [0.2, 0.25) is 0 Å². The van der Waals surface area contributed by atoms with Gasteiger partial charge in [-0.15, -0.1) is 0 Å². The van der Waals surface area contributed by atoms with Gasteiger partial charge in [-0.2, -0.15) is 0 Å². The predicted molar refractivity (Wildman–Crippen MR) is 39.9 cm³/mol. The van der Waals surface area contributed by atoms with E-state index in [2.05, 4.69) is 0 Å². The molecule has 0 saturated heterocycles. The summed E-state index contributed by atoms with van der Waals surface area (Å²) in [4.78, 5) is 0. The molecular formula is C7H8BO2+. The molecular weight excluding hydrogens is 127 g/mol. The topological polar surface area (TPSA) is 29.5 Å². The fraction of sp³-hybridized carbons (Fsp3) is 0.143. The van der Waals surface area contributed by atoms with E-state index in [9.17, 15) is 0 Å². The van der Waals surface area contributed by atoms with Crippen LogP contribution in [-0.2, 0) is 11.3 Å². The van der Waals surface area contributed by atoms with Gasteiger partial charge < -0.3 is 9.68 Å². The molecule has 0 aromatic heterocycles. The summed E-state index contributed by atoms with van der Waals surface area (Å²) in [6.07, 6.45) is 0. The van der Waals surface area contributed by atoms with Crippen molar-refractivity contribution >= 4 is 12.6 Å². The van der Waals surface area contributed by atoms with Crippen molar-refractivity contribution in [1.82, 2.24) is 0 Å². The molecule has 0 aliphatic carbocycles. The van der Waals surface area contributed by atoms with Crippen LogP contribution in [0, 0.1) is 0 Å². The molecule has 0 unspecified atom stereocenters. The van der Waals surface area contributed by atoms with Crippen molar-refractivity contribution in [2.24, 2.45) is 0 Å². The number of fused-ring (bicyclic) bond motifs is 1. The lowest BCUT2D eigenvalue weighted by Crippen LogP contribution is -2.27. The zero-order chi connectivity index (χ0) is 6.97. The molecule has 0 fully saturated rings. The van der Waals surface area contributed by atoms with E-state index >= 15 is 0 Å². The smallest absolute Gasteiger partial charge is 0.423 e. The second kappa shape index (κ2) is 2.11. The third kappa shape index (κ3) is 0.752. The Kier molecular flexibility index (Phi) is 1.26. The third-order valence-electron chi connectivity index (χ3n) is 1.72. The highest BCUT2D eigenvalue weighted by atomic mass is 16.5. The van der Waals surface area contributed by atoms with Gasteiger partial charge >= 0.3 is 8.55 Å². The average Bonchev–Trinajstić information content (AvgIpc) is 2.34. The number of rotatable bonds is 0. The molecule has 1 aromatic carbocycles.